The average molecular weight is 585 g/mol. The summed E-state index contributed by atoms with van der Waals surface area (Å²) in [6.07, 6.45) is 2.24. The molecule has 1 fully saturated rings. The maximum atomic E-state index is 13.0. The van der Waals surface area contributed by atoms with E-state index < -0.39 is 59.7 Å². The Labute approximate surface area is 241 Å². The molecule has 0 saturated carbocycles. The Morgan fingerprint density at radius 3 is 1.63 bits per heavy atom. The van der Waals surface area contributed by atoms with Gasteiger partial charge in [0.2, 0.25) is 35.4 Å². The molecule has 6 amide bonds. The SMILES string of the molecule is CCC1NC(=O)CC(NC)CCCONCC(C(N)=O)NC(=O)C(CC)NC(=O)C(CC)NC(=O)C(CC)NC1=O. The fourth-order valence-corrected chi connectivity index (χ4v) is 4.17. The van der Waals surface area contributed by atoms with Gasteiger partial charge in [0, 0.05) is 12.5 Å². The Morgan fingerprint density at radius 2 is 1.22 bits per heavy atom. The summed E-state index contributed by atoms with van der Waals surface area (Å²) in [4.78, 5) is 81.8. The van der Waals surface area contributed by atoms with Crippen molar-refractivity contribution in [2.24, 2.45) is 5.73 Å². The molecular formula is C26H48N8O7. The maximum absolute atomic E-state index is 13.0. The molecule has 1 rings (SSSR count). The van der Waals surface area contributed by atoms with Gasteiger partial charge in [0.25, 0.3) is 0 Å². The largest absolute Gasteiger partial charge is 0.368 e. The van der Waals surface area contributed by atoms with Crippen LogP contribution < -0.4 is 43.1 Å². The highest BCUT2D eigenvalue weighted by Gasteiger charge is 2.30. The van der Waals surface area contributed by atoms with Crippen molar-refractivity contribution in [1.29, 1.82) is 0 Å². The smallest absolute Gasteiger partial charge is 0.243 e. The summed E-state index contributed by atoms with van der Waals surface area (Å²) in [7, 11) is 1.73. The first-order chi connectivity index (χ1) is 19.5. The molecule has 6 atom stereocenters. The number of rotatable bonds is 6. The van der Waals surface area contributed by atoms with Crippen LogP contribution in [0.3, 0.4) is 0 Å². The molecule has 41 heavy (non-hydrogen) atoms. The van der Waals surface area contributed by atoms with Crippen molar-refractivity contribution in [2.75, 3.05) is 20.2 Å². The molecule has 0 radical (unpaired) electrons. The maximum Gasteiger partial charge on any atom is 0.243 e. The molecule has 0 aliphatic carbocycles. The quantitative estimate of drug-likeness (QED) is 0.170. The standard InChI is InChI=1S/C26H48N8O7/c1-6-16-23(37)31-17(7-2)24(38)32-18(8-3)25(39)33-19(9-4)26(40)34-20(22(27)36)14-29-41-12-10-11-15(28-5)13-21(35)30-16/h15-20,28-29H,6-14H2,1-5H3,(H2,27,36)(H,30,35)(H,31,37)(H,32,38)(H,33,39)(H,34,40). The van der Waals surface area contributed by atoms with Crippen LogP contribution in [0.15, 0.2) is 0 Å². The molecule has 1 heterocycles. The van der Waals surface area contributed by atoms with Gasteiger partial charge in [-0.1, -0.05) is 27.7 Å². The third-order valence-corrected chi connectivity index (χ3v) is 6.87. The molecule has 0 aromatic heterocycles. The Kier molecular flexibility index (Phi) is 16.5. The lowest BCUT2D eigenvalue weighted by molar-refractivity contribution is -0.135. The number of carbonyl (C=O) groups is 6. The number of nitrogens with two attached hydrogens (primary N) is 1. The lowest BCUT2D eigenvalue weighted by atomic mass is 10.1. The lowest BCUT2D eigenvalue weighted by Crippen LogP contribution is -2.59. The van der Waals surface area contributed by atoms with Crippen LogP contribution in [0, 0.1) is 0 Å². The van der Waals surface area contributed by atoms with Crippen LogP contribution in [0.5, 0.6) is 0 Å². The van der Waals surface area contributed by atoms with E-state index in [0.29, 0.717) is 19.3 Å². The van der Waals surface area contributed by atoms with E-state index in [1.165, 1.54) is 0 Å². The predicted octanol–water partition coefficient (Wildman–Crippen LogP) is -2.17. The summed E-state index contributed by atoms with van der Waals surface area (Å²) in [5, 5.41) is 16.2. The van der Waals surface area contributed by atoms with Gasteiger partial charge < -0.3 is 42.5 Å². The van der Waals surface area contributed by atoms with Gasteiger partial charge in [-0.2, -0.15) is 5.48 Å². The second-order valence-electron chi connectivity index (χ2n) is 9.93. The average Bonchev–Trinajstić information content (AvgIpc) is 2.95. The van der Waals surface area contributed by atoms with Crippen molar-refractivity contribution >= 4 is 35.4 Å². The number of nitrogens with one attached hydrogen (secondary N) is 7. The monoisotopic (exact) mass is 584 g/mol. The molecule has 15 nitrogen and oxygen atoms in total. The van der Waals surface area contributed by atoms with Gasteiger partial charge >= 0.3 is 0 Å². The van der Waals surface area contributed by atoms with Gasteiger partial charge in [-0.25, -0.2) is 0 Å². The van der Waals surface area contributed by atoms with Crippen molar-refractivity contribution in [3.8, 4) is 0 Å². The zero-order chi connectivity index (χ0) is 30.9. The first kappa shape index (κ1) is 35.7. The number of amides is 6. The van der Waals surface area contributed by atoms with Crippen molar-refractivity contribution in [2.45, 2.75) is 109 Å². The van der Waals surface area contributed by atoms with Crippen LogP contribution in [0.4, 0.5) is 0 Å². The highest BCUT2D eigenvalue weighted by Crippen LogP contribution is 2.05. The van der Waals surface area contributed by atoms with Crippen LogP contribution in [0.1, 0.15) is 72.6 Å². The summed E-state index contributed by atoms with van der Waals surface area (Å²) in [6, 6.07) is -5.06. The number of hydrogen-bond donors (Lipinski definition) is 8. The van der Waals surface area contributed by atoms with E-state index in [9.17, 15) is 28.8 Å². The minimum absolute atomic E-state index is 0.102. The van der Waals surface area contributed by atoms with E-state index in [-0.39, 0.29) is 50.8 Å². The Morgan fingerprint density at radius 1 is 0.780 bits per heavy atom. The van der Waals surface area contributed by atoms with Crippen LogP contribution in [-0.2, 0) is 33.6 Å². The topological polar surface area (TPSA) is 222 Å². The molecule has 0 spiro atoms. The van der Waals surface area contributed by atoms with Gasteiger partial charge in [-0.05, 0) is 45.6 Å². The first-order valence-electron chi connectivity index (χ1n) is 14.3. The molecule has 15 heteroatoms. The zero-order valence-corrected chi connectivity index (χ0v) is 24.8. The Bertz CT molecular complexity index is 903. The van der Waals surface area contributed by atoms with Crippen LogP contribution >= 0.6 is 0 Å². The highest BCUT2D eigenvalue weighted by molar-refractivity contribution is 5.96. The first-order valence-corrected chi connectivity index (χ1v) is 14.3. The number of carbonyl (C=O) groups excluding carboxylic acids is 6. The normalized spacial score (nSPS) is 28.9. The number of hydrogen-bond acceptors (Lipinski definition) is 9. The zero-order valence-electron chi connectivity index (χ0n) is 24.8. The molecule has 1 aliphatic rings. The molecule has 0 aromatic rings. The van der Waals surface area contributed by atoms with E-state index in [4.69, 9.17) is 10.6 Å². The van der Waals surface area contributed by atoms with Crippen LogP contribution in [0.25, 0.3) is 0 Å². The van der Waals surface area contributed by atoms with E-state index in [1.54, 1.807) is 34.7 Å². The molecule has 9 N–H and O–H groups in total. The Hall–Kier alpha value is -3.30. The van der Waals surface area contributed by atoms with Gasteiger partial charge in [0.1, 0.15) is 30.2 Å². The van der Waals surface area contributed by atoms with Crippen molar-refractivity contribution in [3.63, 3.8) is 0 Å². The van der Waals surface area contributed by atoms with Gasteiger partial charge in [0.05, 0.1) is 13.2 Å². The third-order valence-electron chi connectivity index (χ3n) is 6.87. The summed E-state index contributed by atoms with van der Waals surface area (Å²) in [5.41, 5.74) is 8.06. The molecular weight excluding hydrogens is 536 g/mol. The summed E-state index contributed by atoms with van der Waals surface area (Å²) < 4.78 is 0. The minimum atomic E-state index is -1.11. The van der Waals surface area contributed by atoms with Crippen LogP contribution in [0.2, 0.25) is 0 Å². The second-order valence-corrected chi connectivity index (χ2v) is 9.93. The van der Waals surface area contributed by atoms with Crippen molar-refractivity contribution in [1.82, 2.24) is 37.4 Å². The third kappa shape index (κ3) is 12.4. The highest BCUT2D eigenvalue weighted by atomic mass is 16.6. The van der Waals surface area contributed by atoms with Crippen LogP contribution in [-0.4, -0.2) is 91.9 Å². The van der Waals surface area contributed by atoms with E-state index in [0.717, 1.165) is 0 Å². The fraction of sp³-hybridized carbons (Fsp3) is 0.769. The van der Waals surface area contributed by atoms with Gasteiger partial charge in [-0.15, -0.1) is 0 Å². The fourth-order valence-electron chi connectivity index (χ4n) is 4.17. The number of primary amides is 1. The summed E-state index contributed by atoms with van der Waals surface area (Å²) in [6.45, 7) is 6.98. The predicted molar refractivity (Wildman–Crippen MR) is 151 cm³/mol. The summed E-state index contributed by atoms with van der Waals surface area (Å²) >= 11 is 0. The Balaban J connectivity index is 3.16. The van der Waals surface area contributed by atoms with Crippen molar-refractivity contribution in [3.05, 3.63) is 0 Å². The van der Waals surface area contributed by atoms with E-state index in [1.807, 2.05) is 0 Å². The molecule has 0 aromatic carbocycles. The van der Waals surface area contributed by atoms with E-state index >= 15 is 0 Å². The molecule has 0 bridgehead atoms. The lowest BCUT2D eigenvalue weighted by Gasteiger charge is -2.26. The molecule has 1 aliphatic heterocycles. The second kappa shape index (κ2) is 18.9. The van der Waals surface area contributed by atoms with Gasteiger partial charge in [-0.3, -0.25) is 28.8 Å². The van der Waals surface area contributed by atoms with Gasteiger partial charge in [0.15, 0.2) is 0 Å². The summed E-state index contributed by atoms with van der Waals surface area (Å²) in [5.74, 6) is -3.42. The molecule has 1 saturated heterocycles. The van der Waals surface area contributed by atoms with E-state index in [2.05, 4.69) is 37.4 Å². The minimum Gasteiger partial charge on any atom is -0.368 e. The molecule has 234 valence electrons. The molecule has 6 unspecified atom stereocenters. The number of hydroxylamine groups is 1. The van der Waals surface area contributed by atoms with Crippen molar-refractivity contribution < 1.29 is 33.6 Å².